The first kappa shape index (κ1) is 12.7. The van der Waals surface area contributed by atoms with Crippen LogP contribution in [0.25, 0.3) is 22.3 Å². The monoisotopic (exact) mass is 286 g/mol. The highest BCUT2D eigenvalue weighted by Gasteiger charge is 2.10. The molecule has 2 aromatic carbocycles. The third-order valence-corrected chi connectivity index (χ3v) is 3.07. The lowest BCUT2D eigenvalue weighted by Gasteiger charge is -2.09. The number of H-pyrrole nitrogens is 1. The summed E-state index contributed by atoms with van der Waals surface area (Å²) in [7, 11) is 0. The van der Waals surface area contributed by atoms with E-state index < -0.39 is 0 Å². The quantitative estimate of drug-likeness (QED) is 0.753. The Morgan fingerprint density at radius 1 is 1.10 bits per heavy atom. The molecule has 3 rings (SSSR count). The third-order valence-electron chi connectivity index (χ3n) is 2.97. The molecule has 4 nitrogen and oxygen atoms in total. The number of ether oxygens (including phenoxy) is 1. The third kappa shape index (κ3) is 2.26. The number of halogens is 1. The SMILES string of the molecule is O=c1[nH]c(-c2ccccc2OCCl)nc2ccccc12. The van der Waals surface area contributed by atoms with Crippen LogP contribution in [0.2, 0.25) is 0 Å². The van der Waals surface area contributed by atoms with Crippen LogP contribution < -0.4 is 10.3 Å². The summed E-state index contributed by atoms with van der Waals surface area (Å²) in [5.41, 5.74) is 1.18. The zero-order valence-corrected chi connectivity index (χ0v) is 11.2. The molecule has 0 aliphatic carbocycles. The first-order chi connectivity index (χ1) is 9.79. The van der Waals surface area contributed by atoms with Gasteiger partial charge in [-0.3, -0.25) is 4.79 Å². The number of aromatic amines is 1. The van der Waals surface area contributed by atoms with Crippen molar-refractivity contribution in [2.24, 2.45) is 0 Å². The van der Waals surface area contributed by atoms with E-state index in [4.69, 9.17) is 16.3 Å². The molecule has 3 aromatic rings. The second-order valence-electron chi connectivity index (χ2n) is 4.18. The van der Waals surface area contributed by atoms with Gasteiger partial charge in [0, 0.05) is 0 Å². The fourth-order valence-electron chi connectivity index (χ4n) is 2.06. The second kappa shape index (κ2) is 5.35. The van der Waals surface area contributed by atoms with Crippen LogP contribution in [0, 0.1) is 0 Å². The van der Waals surface area contributed by atoms with E-state index in [2.05, 4.69) is 9.97 Å². The minimum Gasteiger partial charge on any atom is -0.477 e. The summed E-state index contributed by atoms with van der Waals surface area (Å²) in [5, 5.41) is 0.562. The van der Waals surface area contributed by atoms with Crippen molar-refractivity contribution in [1.82, 2.24) is 9.97 Å². The molecule has 0 aliphatic heterocycles. The highest BCUT2D eigenvalue weighted by molar-refractivity contribution is 6.17. The van der Waals surface area contributed by atoms with Gasteiger partial charge in [-0.25, -0.2) is 4.98 Å². The number of hydrogen-bond acceptors (Lipinski definition) is 3. The molecule has 0 aliphatic rings. The Hall–Kier alpha value is -2.33. The van der Waals surface area contributed by atoms with Crippen molar-refractivity contribution in [3.8, 4) is 17.1 Å². The van der Waals surface area contributed by atoms with E-state index >= 15 is 0 Å². The number of rotatable bonds is 3. The minimum atomic E-state index is -0.175. The van der Waals surface area contributed by atoms with Crippen LogP contribution in [0.1, 0.15) is 0 Å². The molecule has 0 atom stereocenters. The normalized spacial score (nSPS) is 10.7. The summed E-state index contributed by atoms with van der Waals surface area (Å²) in [6.07, 6.45) is 0. The van der Waals surface area contributed by atoms with E-state index in [1.54, 1.807) is 18.2 Å². The van der Waals surface area contributed by atoms with Crippen molar-refractivity contribution >= 4 is 22.5 Å². The number of alkyl halides is 1. The molecule has 0 unspecified atom stereocenters. The lowest BCUT2D eigenvalue weighted by molar-refractivity contribution is 0.389. The van der Waals surface area contributed by atoms with Gasteiger partial charge in [0.05, 0.1) is 16.5 Å². The Balaban J connectivity index is 2.23. The van der Waals surface area contributed by atoms with Crippen molar-refractivity contribution < 1.29 is 4.74 Å². The smallest absolute Gasteiger partial charge is 0.259 e. The van der Waals surface area contributed by atoms with Gasteiger partial charge in [-0.1, -0.05) is 35.9 Å². The van der Waals surface area contributed by atoms with Gasteiger partial charge in [0.25, 0.3) is 5.56 Å². The molecule has 20 heavy (non-hydrogen) atoms. The molecule has 5 heteroatoms. The zero-order chi connectivity index (χ0) is 13.9. The van der Waals surface area contributed by atoms with Gasteiger partial charge in [-0.05, 0) is 24.3 Å². The predicted octanol–water partition coefficient (Wildman–Crippen LogP) is 3.17. The van der Waals surface area contributed by atoms with Gasteiger partial charge in [0.2, 0.25) is 0 Å². The van der Waals surface area contributed by atoms with Crippen molar-refractivity contribution in [2.75, 3.05) is 6.07 Å². The summed E-state index contributed by atoms with van der Waals surface area (Å²) < 4.78 is 5.35. The van der Waals surface area contributed by atoms with Crippen LogP contribution in [-0.2, 0) is 0 Å². The maximum absolute atomic E-state index is 12.1. The van der Waals surface area contributed by atoms with Crippen molar-refractivity contribution in [3.05, 3.63) is 58.9 Å². The molecule has 1 aromatic heterocycles. The summed E-state index contributed by atoms with van der Waals surface area (Å²) in [6.45, 7) is 0. The predicted molar refractivity (Wildman–Crippen MR) is 79.1 cm³/mol. The Kier molecular flexibility index (Phi) is 3.39. The van der Waals surface area contributed by atoms with Gasteiger partial charge < -0.3 is 9.72 Å². The van der Waals surface area contributed by atoms with Crippen LogP contribution in [0.4, 0.5) is 0 Å². The Labute approximate surface area is 120 Å². The molecule has 1 heterocycles. The number of nitrogens with zero attached hydrogens (tertiary/aromatic N) is 1. The first-order valence-electron chi connectivity index (χ1n) is 6.07. The summed E-state index contributed by atoms with van der Waals surface area (Å²) >= 11 is 5.61. The molecule has 0 amide bonds. The molecular weight excluding hydrogens is 276 g/mol. The maximum atomic E-state index is 12.1. The van der Waals surface area contributed by atoms with Crippen LogP contribution in [0.15, 0.2) is 53.3 Å². The Bertz CT molecular complexity index is 814. The standard InChI is InChI=1S/C15H11ClN2O2/c16-9-20-13-8-4-2-6-11(13)14-17-12-7-3-1-5-10(12)15(19)18-14/h1-8H,9H2,(H,17,18,19). The number of nitrogens with one attached hydrogen (secondary N) is 1. The van der Waals surface area contributed by atoms with Crippen LogP contribution in [-0.4, -0.2) is 16.0 Å². The molecule has 0 fully saturated rings. The van der Waals surface area contributed by atoms with Gasteiger partial charge in [-0.15, -0.1) is 0 Å². The second-order valence-corrected chi connectivity index (χ2v) is 4.40. The molecule has 100 valence electrons. The van der Waals surface area contributed by atoms with Gasteiger partial charge in [0.1, 0.15) is 11.6 Å². The number of fused-ring (bicyclic) bond motifs is 1. The van der Waals surface area contributed by atoms with E-state index in [9.17, 15) is 4.79 Å². The first-order valence-corrected chi connectivity index (χ1v) is 6.60. The average molecular weight is 287 g/mol. The van der Waals surface area contributed by atoms with Gasteiger partial charge in [0.15, 0.2) is 6.07 Å². The van der Waals surface area contributed by atoms with Gasteiger partial charge in [-0.2, -0.15) is 0 Å². The topological polar surface area (TPSA) is 55.0 Å². The van der Waals surface area contributed by atoms with E-state index in [1.807, 2.05) is 30.3 Å². The van der Waals surface area contributed by atoms with Crippen molar-refractivity contribution in [1.29, 1.82) is 0 Å². The molecule has 0 saturated heterocycles. The van der Waals surface area contributed by atoms with Crippen LogP contribution in [0.5, 0.6) is 5.75 Å². The lowest BCUT2D eigenvalue weighted by atomic mass is 10.1. The zero-order valence-electron chi connectivity index (χ0n) is 10.5. The van der Waals surface area contributed by atoms with Crippen LogP contribution in [0.3, 0.4) is 0 Å². The number of hydrogen-bond donors (Lipinski definition) is 1. The number of benzene rings is 2. The highest BCUT2D eigenvalue weighted by atomic mass is 35.5. The highest BCUT2D eigenvalue weighted by Crippen LogP contribution is 2.27. The minimum absolute atomic E-state index is 0.0365. The average Bonchev–Trinajstić information content (AvgIpc) is 2.48. The lowest BCUT2D eigenvalue weighted by Crippen LogP contribution is -2.09. The molecule has 0 saturated carbocycles. The van der Waals surface area contributed by atoms with E-state index in [0.717, 1.165) is 0 Å². The number of para-hydroxylation sites is 2. The van der Waals surface area contributed by atoms with E-state index in [1.165, 1.54) is 0 Å². The largest absolute Gasteiger partial charge is 0.477 e. The molecule has 0 bridgehead atoms. The molecule has 1 N–H and O–H groups in total. The summed E-state index contributed by atoms with van der Waals surface area (Å²) in [5.74, 6) is 1.05. The molecule has 0 radical (unpaired) electrons. The molecule has 0 spiro atoms. The molecular formula is C15H11ClN2O2. The van der Waals surface area contributed by atoms with E-state index in [0.29, 0.717) is 28.0 Å². The summed E-state index contributed by atoms with van der Waals surface area (Å²) in [4.78, 5) is 19.3. The van der Waals surface area contributed by atoms with Gasteiger partial charge >= 0.3 is 0 Å². The van der Waals surface area contributed by atoms with Crippen molar-refractivity contribution in [2.45, 2.75) is 0 Å². The Morgan fingerprint density at radius 3 is 2.70 bits per heavy atom. The van der Waals surface area contributed by atoms with E-state index in [-0.39, 0.29) is 11.6 Å². The fraction of sp³-hybridized carbons (Fsp3) is 0.0667. The number of aromatic nitrogens is 2. The van der Waals surface area contributed by atoms with Crippen LogP contribution >= 0.6 is 11.6 Å². The maximum Gasteiger partial charge on any atom is 0.259 e. The van der Waals surface area contributed by atoms with Crippen molar-refractivity contribution in [3.63, 3.8) is 0 Å². The fourth-order valence-corrected chi connectivity index (χ4v) is 2.18. The Morgan fingerprint density at radius 2 is 1.85 bits per heavy atom. The summed E-state index contributed by atoms with van der Waals surface area (Å²) in [6, 6.07) is 14.5.